The van der Waals surface area contributed by atoms with E-state index in [0.29, 0.717) is 23.6 Å². The zero-order valence-electron chi connectivity index (χ0n) is 12.8. The first-order chi connectivity index (χ1) is 11.1. The van der Waals surface area contributed by atoms with Crippen molar-refractivity contribution in [2.75, 3.05) is 39.4 Å². The number of rotatable bonds is 5. The number of halogens is 1. The molecule has 0 aromatic carbocycles. The minimum absolute atomic E-state index is 0.142. The minimum atomic E-state index is -0.142. The Morgan fingerprint density at radius 2 is 2.22 bits per heavy atom. The summed E-state index contributed by atoms with van der Waals surface area (Å²) >= 11 is 4.95. The van der Waals surface area contributed by atoms with Crippen molar-refractivity contribution in [3.63, 3.8) is 0 Å². The van der Waals surface area contributed by atoms with Crippen LogP contribution in [0.25, 0.3) is 10.6 Å². The molecule has 1 aliphatic heterocycles. The van der Waals surface area contributed by atoms with Gasteiger partial charge < -0.3 is 14.6 Å². The Labute approximate surface area is 146 Å². The summed E-state index contributed by atoms with van der Waals surface area (Å²) in [5, 5.41) is 7.01. The fourth-order valence-electron chi connectivity index (χ4n) is 2.49. The van der Waals surface area contributed by atoms with Crippen molar-refractivity contribution < 1.29 is 14.1 Å². The third-order valence-electron chi connectivity index (χ3n) is 3.71. The van der Waals surface area contributed by atoms with Gasteiger partial charge in [-0.05, 0) is 35.0 Å². The number of hydrogen-bond donors (Lipinski definition) is 1. The lowest BCUT2D eigenvalue weighted by atomic mass is 10.1. The van der Waals surface area contributed by atoms with E-state index in [2.05, 4.69) is 31.3 Å². The van der Waals surface area contributed by atoms with E-state index >= 15 is 0 Å². The molecule has 6 nitrogen and oxygen atoms in total. The topological polar surface area (TPSA) is 67.6 Å². The molecule has 2 aromatic heterocycles. The quantitative estimate of drug-likeness (QED) is 0.836. The van der Waals surface area contributed by atoms with Crippen molar-refractivity contribution >= 4 is 33.2 Å². The number of morpholine rings is 1. The third-order valence-corrected chi connectivity index (χ3v) is 5.34. The maximum absolute atomic E-state index is 12.5. The fourth-order valence-corrected chi connectivity index (χ4v) is 3.86. The molecule has 0 spiro atoms. The Kier molecular flexibility index (Phi) is 5.47. The Balaban J connectivity index is 1.64. The highest BCUT2D eigenvalue weighted by molar-refractivity contribution is 9.11. The number of amides is 1. The van der Waals surface area contributed by atoms with E-state index in [0.717, 1.165) is 41.5 Å². The third kappa shape index (κ3) is 4.00. The number of aryl methyl sites for hydroxylation is 1. The van der Waals surface area contributed by atoms with E-state index in [1.165, 1.54) is 11.3 Å². The molecule has 1 amide bonds. The highest BCUT2D eigenvalue weighted by Gasteiger charge is 2.22. The van der Waals surface area contributed by atoms with Crippen LogP contribution >= 0.6 is 27.3 Å². The summed E-state index contributed by atoms with van der Waals surface area (Å²) in [6, 6.07) is 3.86. The van der Waals surface area contributed by atoms with Crippen molar-refractivity contribution in [2.45, 2.75) is 6.92 Å². The molecular formula is C15H18BrN3O3S. The summed E-state index contributed by atoms with van der Waals surface area (Å²) in [6.45, 7) is 6.52. The first-order valence-electron chi connectivity index (χ1n) is 7.45. The maximum Gasteiger partial charge on any atom is 0.257 e. The maximum atomic E-state index is 12.5. The molecule has 8 heteroatoms. The van der Waals surface area contributed by atoms with E-state index < -0.39 is 0 Å². The standard InChI is InChI=1S/C15H18BrN3O3S/c1-10-13(14(18-22-10)11-2-3-12(16)23-11)15(20)17-4-5-19-6-8-21-9-7-19/h2-3H,4-9H2,1H3,(H,17,20). The van der Waals surface area contributed by atoms with E-state index in [9.17, 15) is 4.79 Å². The average molecular weight is 400 g/mol. The van der Waals surface area contributed by atoms with Crippen LogP contribution in [-0.2, 0) is 4.74 Å². The van der Waals surface area contributed by atoms with Crippen LogP contribution in [0.15, 0.2) is 20.4 Å². The largest absolute Gasteiger partial charge is 0.379 e. The number of carbonyl (C=O) groups is 1. The molecule has 1 N–H and O–H groups in total. The summed E-state index contributed by atoms with van der Waals surface area (Å²) in [4.78, 5) is 15.7. The smallest absolute Gasteiger partial charge is 0.257 e. The number of carbonyl (C=O) groups excluding carboxylic acids is 1. The number of aromatic nitrogens is 1. The lowest BCUT2D eigenvalue weighted by Crippen LogP contribution is -2.41. The summed E-state index contributed by atoms with van der Waals surface area (Å²) in [5.74, 6) is 0.393. The molecule has 0 aliphatic carbocycles. The highest BCUT2D eigenvalue weighted by Crippen LogP contribution is 2.33. The lowest BCUT2D eigenvalue weighted by molar-refractivity contribution is 0.0383. The predicted octanol–water partition coefficient (Wildman–Crippen LogP) is 2.54. The van der Waals surface area contributed by atoms with E-state index in [-0.39, 0.29) is 5.91 Å². The van der Waals surface area contributed by atoms with E-state index in [4.69, 9.17) is 9.26 Å². The molecule has 1 saturated heterocycles. The Hall–Kier alpha value is -1.22. The molecule has 0 radical (unpaired) electrons. The van der Waals surface area contributed by atoms with Crippen LogP contribution in [0, 0.1) is 6.92 Å². The van der Waals surface area contributed by atoms with Crippen LogP contribution in [0.1, 0.15) is 16.1 Å². The molecule has 2 aromatic rings. The van der Waals surface area contributed by atoms with Gasteiger partial charge in [0.2, 0.25) is 0 Å². The van der Waals surface area contributed by atoms with Crippen molar-refractivity contribution in [3.05, 3.63) is 27.2 Å². The van der Waals surface area contributed by atoms with Gasteiger partial charge >= 0.3 is 0 Å². The van der Waals surface area contributed by atoms with Gasteiger partial charge in [0.05, 0.1) is 21.9 Å². The van der Waals surface area contributed by atoms with Gasteiger partial charge in [-0.15, -0.1) is 11.3 Å². The second-order valence-corrected chi connectivity index (χ2v) is 7.74. The van der Waals surface area contributed by atoms with Crippen molar-refractivity contribution in [3.8, 4) is 10.6 Å². The summed E-state index contributed by atoms with van der Waals surface area (Å²) in [5.41, 5.74) is 1.11. The number of thiophene rings is 1. The molecule has 3 heterocycles. The van der Waals surface area contributed by atoms with Crippen LogP contribution in [0.2, 0.25) is 0 Å². The second kappa shape index (κ2) is 7.57. The van der Waals surface area contributed by atoms with Crippen LogP contribution in [0.3, 0.4) is 0 Å². The van der Waals surface area contributed by atoms with Gasteiger partial charge in [0.1, 0.15) is 17.0 Å². The molecular weight excluding hydrogens is 382 g/mol. The van der Waals surface area contributed by atoms with Crippen molar-refractivity contribution in [2.24, 2.45) is 0 Å². The number of nitrogens with zero attached hydrogens (tertiary/aromatic N) is 2. The number of hydrogen-bond acceptors (Lipinski definition) is 6. The number of nitrogens with one attached hydrogen (secondary N) is 1. The van der Waals surface area contributed by atoms with Gasteiger partial charge in [-0.3, -0.25) is 9.69 Å². The fraction of sp³-hybridized carbons (Fsp3) is 0.467. The summed E-state index contributed by atoms with van der Waals surface area (Å²) in [6.07, 6.45) is 0. The summed E-state index contributed by atoms with van der Waals surface area (Å²) < 4.78 is 11.5. The van der Waals surface area contributed by atoms with Crippen LogP contribution < -0.4 is 5.32 Å². The first-order valence-corrected chi connectivity index (χ1v) is 9.06. The van der Waals surface area contributed by atoms with Gasteiger partial charge in [0.15, 0.2) is 0 Å². The zero-order chi connectivity index (χ0) is 16.2. The van der Waals surface area contributed by atoms with Crippen molar-refractivity contribution in [1.29, 1.82) is 0 Å². The zero-order valence-corrected chi connectivity index (χ0v) is 15.2. The molecule has 0 saturated carbocycles. The monoisotopic (exact) mass is 399 g/mol. The van der Waals surface area contributed by atoms with E-state index in [1.807, 2.05) is 12.1 Å². The average Bonchev–Trinajstić information content (AvgIpc) is 3.14. The molecule has 0 bridgehead atoms. The molecule has 0 unspecified atom stereocenters. The minimum Gasteiger partial charge on any atom is -0.379 e. The highest BCUT2D eigenvalue weighted by atomic mass is 79.9. The van der Waals surface area contributed by atoms with Crippen LogP contribution in [0.5, 0.6) is 0 Å². The van der Waals surface area contributed by atoms with Gasteiger partial charge in [0.25, 0.3) is 5.91 Å². The normalized spacial score (nSPS) is 15.7. The van der Waals surface area contributed by atoms with E-state index in [1.54, 1.807) is 6.92 Å². The second-order valence-electron chi connectivity index (χ2n) is 5.28. The lowest BCUT2D eigenvalue weighted by Gasteiger charge is -2.26. The predicted molar refractivity (Wildman–Crippen MR) is 91.8 cm³/mol. The molecule has 1 aliphatic rings. The van der Waals surface area contributed by atoms with Gasteiger partial charge in [-0.25, -0.2) is 0 Å². The Morgan fingerprint density at radius 1 is 1.43 bits per heavy atom. The Morgan fingerprint density at radius 3 is 2.91 bits per heavy atom. The SMILES string of the molecule is Cc1onc(-c2ccc(Br)s2)c1C(=O)NCCN1CCOCC1. The molecule has 0 atom stereocenters. The van der Waals surface area contributed by atoms with Crippen LogP contribution in [-0.4, -0.2) is 55.4 Å². The van der Waals surface area contributed by atoms with Gasteiger partial charge in [-0.1, -0.05) is 5.16 Å². The summed E-state index contributed by atoms with van der Waals surface area (Å²) in [7, 11) is 0. The first kappa shape index (κ1) is 16.6. The Bertz CT molecular complexity index is 679. The number of ether oxygens (including phenoxy) is 1. The van der Waals surface area contributed by atoms with Crippen molar-refractivity contribution in [1.82, 2.24) is 15.4 Å². The molecule has 3 rings (SSSR count). The van der Waals surface area contributed by atoms with Gasteiger partial charge in [0, 0.05) is 26.2 Å². The molecule has 23 heavy (non-hydrogen) atoms. The van der Waals surface area contributed by atoms with Gasteiger partial charge in [-0.2, -0.15) is 0 Å². The molecule has 124 valence electrons. The van der Waals surface area contributed by atoms with Crippen LogP contribution in [0.4, 0.5) is 0 Å². The molecule has 1 fully saturated rings.